The quantitative estimate of drug-likeness (QED) is 0.522. The van der Waals surface area contributed by atoms with Crippen molar-refractivity contribution in [2.45, 2.75) is 13.2 Å². The van der Waals surface area contributed by atoms with E-state index in [-0.39, 0.29) is 16.7 Å². The number of rotatable bonds is 7. The third-order valence-electron chi connectivity index (χ3n) is 3.98. The molecular formula is C18H15F2N5O6. The van der Waals surface area contributed by atoms with E-state index in [2.05, 4.69) is 14.8 Å². The largest absolute Gasteiger partial charge is 0.454 e. The molecule has 0 unspecified atom stereocenters. The Morgan fingerprint density at radius 2 is 1.90 bits per heavy atom. The summed E-state index contributed by atoms with van der Waals surface area (Å²) in [6.45, 7) is -4.27. The highest BCUT2D eigenvalue weighted by Crippen LogP contribution is 2.14. The molecule has 1 N–H and O–H groups in total. The van der Waals surface area contributed by atoms with Crippen LogP contribution in [0.5, 0.6) is 5.75 Å². The molecule has 0 aliphatic carbocycles. The maximum Gasteiger partial charge on any atom is 0.387 e. The van der Waals surface area contributed by atoms with E-state index in [1.54, 1.807) is 7.05 Å². The number of fused-ring (bicyclic) bond motifs is 1. The number of alkyl halides is 2. The maximum absolute atomic E-state index is 12.3. The number of hydrogen-bond donors (Lipinski definition) is 1. The van der Waals surface area contributed by atoms with E-state index in [1.807, 2.05) is 5.32 Å². The van der Waals surface area contributed by atoms with Crippen LogP contribution in [0.25, 0.3) is 11.0 Å². The topological polar surface area (TPSA) is 134 Å². The molecule has 0 saturated heterocycles. The SMILES string of the molecule is Cn1ncc2c(=O)n(CC(=O)OCC(=O)NC(=O)c3ccc(OC(F)F)cc3)cnc21. The molecule has 0 aliphatic heterocycles. The van der Waals surface area contributed by atoms with Crippen molar-refractivity contribution in [3.63, 3.8) is 0 Å². The van der Waals surface area contributed by atoms with Gasteiger partial charge in [-0.05, 0) is 24.3 Å². The smallest absolute Gasteiger partial charge is 0.387 e. The van der Waals surface area contributed by atoms with Gasteiger partial charge in [0.15, 0.2) is 12.3 Å². The second kappa shape index (κ2) is 9.11. The Hall–Kier alpha value is -4.16. The highest BCUT2D eigenvalue weighted by Gasteiger charge is 2.15. The van der Waals surface area contributed by atoms with Crippen molar-refractivity contribution in [3.8, 4) is 5.75 Å². The predicted molar refractivity (Wildman–Crippen MR) is 99.3 cm³/mol. The number of aryl methyl sites for hydroxylation is 1. The van der Waals surface area contributed by atoms with Gasteiger partial charge in [0.1, 0.15) is 24.0 Å². The minimum absolute atomic E-state index is 0.00342. The van der Waals surface area contributed by atoms with Crippen molar-refractivity contribution in [1.29, 1.82) is 0 Å². The van der Waals surface area contributed by atoms with Gasteiger partial charge in [0.2, 0.25) is 0 Å². The van der Waals surface area contributed by atoms with E-state index in [9.17, 15) is 28.0 Å². The predicted octanol–water partition coefficient (Wildman–Crippen LogP) is 0.231. The molecular weight excluding hydrogens is 420 g/mol. The van der Waals surface area contributed by atoms with Gasteiger partial charge in [0, 0.05) is 12.6 Å². The van der Waals surface area contributed by atoms with Crippen LogP contribution in [0, 0.1) is 0 Å². The molecule has 11 nitrogen and oxygen atoms in total. The van der Waals surface area contributed by atoms with Gasteiger partial charge in [-0.2, -0.15) is 13.9 Å². The van der Waals surface area contributed by atoms with E-state index >= 15 is 0 Å². The van der Waals surface area contributed by atoms with Crippen LogP contribution in [-0.4, -0.2) is 50.3 Å². The van der Waals surface area contributed by atoms with Crippen molar-refractivity contribution in [2.24, 2.45) is 7.05 Å². The van der Waals surface area contributed by atoms with Crippen molar-refractivity contribution in [3.05, 3.63) is 52.7 Å². The molecule has 0 atom stereocenters. The first kappa shape index (κ1) is 21.5. The van der Waals surface area contributed by atoms with Crippen LogP contribution >= 0.6 is 0 Å². The Morgan fingerprint density at radius 3 is 2.58 bits per heavy atom. The highest BCUT2D eigenvalue weighted by molar-refractivity contribution is 6.05. The molecule has 2 aromatic heterocycles. The van der Waals surface area contributed by atoms with E-state index in [4.69, 9.17) is 4.74 Å². The van der Waals surface area contributed by atoms with Crippen LogP contribution in [0.4, 0.5) is 8.78 Å². The highest BCUT2D eigenvalue weighted by atomic mass is 19.3. The van der Waals surface area contributed by atoms with Crippen molar-refractivity contribution in [1.82, 2.24) is 24.6 Å². The normalized spacial score (nSPS) is 10.8. The lowest BCUT2D eigenvalue weighted by molar-refractivity contribution is -0.148. The maximum atomic E-state index is 12.3. The van der Waals surface area contributed by atoms with E-state index in [1.165, 1.54) is 23.0 Å². The number of nitrogens with zero attached hydrogens (tertiary/aromatic N) is 4. The fourth-order valence-electron chi connectivity index (χ4n) is 2.53. The molecule has 0 radical (unpaired) electrons. The van der Waals surface area contributed by atoms with Crippen LogP contribution in [0.2, 0.25) is 0 Å². The number of nitrogens with one attached hydrogen (secondary N) is 1. The third-order valence-corrected chi connectivity index (χ3v) is 3.98. The Kier molecular flexibility index (Phi) is 6.33. The summed E-state index contributed by atoms with van der Waals surface area (Å²) < 4.78 is 35.6. The Morgan fingerprint density at radius 1 is 1.19 bits per heavy atom. The fourth-order valence-corrected chi connectivity index (χ4v) is 2.53. The number of amides is 2. The van der Waals surface area contributed by atoms with Crippen molar-refractivity contribution >= 4 is 28.8 Å². The summed E-state index contributed by atoms with van der Waals surface area (Å²) in [5.41, 5.74) is -0.154. The number of aromatic nitrogens is 4. The van der Waals surface area contributed by atoms with Crippen molar-refractivity contribution in [2.75, 3.05) is 6.61 Å². The summed E-state index contributed by atoms with van der Waals surface area (Å²) in [5, 5.41) is 6.10. The van der Waals surface area contributed by atoms with E-state index in [0.29, 0.717) is 5.65 Å². The van der Waals surface area contributed by atoms with Gasteiger partial charge in [-0.3, -0.25) is 33.7 Å². The fraction of sp³-hybridized carbons (Fsp3) is 0.222. The lowest BCUT2D eigenvalue weighted by Crippen LogP contribution is -2.35. The summed E-state index contributed by atoms with van der Waals surface area (Å²) in [4.78, 5) is 52.0. The zero-order valence-electron chi connectivity index (χ0n) is 15.9. The average molecular weight is 435 g/mol. The van der Waals surface area contributed by atoms with E-state index < -0.39 is 43.1 Å². The molecule has 2 heterocycles. The molecule has 3 rings (SSSR count). The zero-order chi connectivity index (χ0) is 22.5. The molecule has 13 heteroatoms. The van der Waals surface area contributed by atoms with Crippen LogP contribution < -0.4 is 15.6 Å². The molecule has 1 aromatic carbocycles. The van der Waals surface area contributed by atoms with Gasteiger partial charge < -0.3 is 9.47 Å². The Balaban J connectivity index is 1.51. The number of carbonyl (C=O) groups is 3. The molecule has 0 aliphatic rings. The van der Waals surface area contributed by atoms with Crippen LogP contribution in [0.3, 0.4) is 0 Å². The third kappa shape index (κ3) is 5.26. The molecule has 0 saturated carbocycles. The minimum atomic E-state index is -3.01. The lowest BCUT2D eigenvalue weighted by Gasteiger charge is -2.08. The van der Waals surface area contributed by atoms with Gasteiger partial charge in [0.05, 0.1) is 6.20 Å². The Bertz CT molecular complexity index is 1190. The summed E-state index contributed by atoms with van der Waals surface area (Å²) in [6.07, 6.45) is 2.47. The molecule has 0 bridgehead atoms. The molecule has 0 fully saturated rings. The second-order valence-electron chi connectivity index (χ2n) is 6.12. The number of hydrogen-bond acceptors (Lipinski definition) is 8. The van der Waals surface area contributed by atoms with E-state index in [0.717, 1.165) is 23.0 Å². The standard InChI is InChI=1S/C18H15F2N5O6/c1-24-15-12(6-22-24)17(29)25(9-21-15)7-14(27)30-8-13(26)23-16(28)10-2-4-11(5-3-10)31-18(19)20/h2-6,9,18H,7-8H2,1H3,(H,23,26,28). The number of esters is 1. The number of carbonyl (C=O) groups excluding carboxylic acids is 3. The van der Waals surface area contributed by atoms with Gasteiger partial charge in [-0.1, -0.05) is 0 Å². The number of imide groups is 1. The number of ether oxygens (including phenoxy) is 2. The first-order chi connectivity index (χ1) is 14.7. The first-order valence-corrected chi connectivity index (χ1v) is 8.66. The first-order valence-electron chi connectivity index (χ1n) is 8.66. The summed E-state index contributed by atoms with van der Waals surface area (Å²) in [5.74, 6) is -2.80. The summed E-state index contributed by atoms with van der Waals surface area (Å²) in [7, 11) is 1.61. The van der Waals surface area contributed by atoms with Gasteiger partial charge in [-0.25, -0.2) is 4.98 Å². The van der Waals surface area contributed by atoms with Gasteiger partial charge in [0.25, 0.3) is 17.4 Å². The lowest BCUT2D eigenvalue weighted by atomic mass is 10.2. The molecule has 31 heavy (non-hydrogen) atoms. The second-order valence-corrected chi connectivity index (χ2v) is 6.12. The average Bonchev–Trinajstić information content (AvgIpc) is 3.10. The van der Waals surface area contributed by atoms with Crippen LogP contribution in [-0.2, 0) is 27.9 Å². The van der Waals surface area contributed by atoms with Crippen LogP contribution in [0.15, 0.2) is 41.6 Å². The molecule has 2 amide bonds. The summed E-state index contributed by atoms with van der Waals surface area (Å²) >= 11 is 0. The minimum Gasteiger partial charge on any atom is -0.454 e. The van der Waals surface area contributed by atoms with Crippen LogP contribution in [0.1, 0.15) is 10.4 Å². The number of halogens is 2. The monoisotopic (exact) mass is 435 g/mol. The molecule has 3 aromatic rings. The van der Waals surface area contributed by atoms with Crippen molar-refractivity contribution < 1.29 is 32.6 Å². The summed E-state index contributed by atoms with van der Waals surface area (Å²) in [6, 6.07) is 4.63. The Labute approximate surface area is 172 Å². The molecule has 162 valence electrons. The van der Waals surface area contributed by atoms with Gasteiger partial charge >= 0.3 is 12.6 Å². The zero-order valence-corrected chi connectivity index (χ0v) is 15.9. The number of benzene rings is 1. The van der Waals surface area contributed by atoms with Gasteiger partial charge in [-0.15, -0.1) is 0 Å². The molecule has 0 spiro atoms.